The highest BCUT2D eigenvalue weighted by molar-refractivity contribution is 6.29. The Morgan fingerprint density at radius 3 is 2.71 bits per heavy atom. The summed E-state index contributed by atoms with van der Waals surface area (Å²) in [5.41, 5.74) is 0. The largest absolute Gasteiger partial charge is 0.448 e. The first-order chi connectivity index (χ1) is 3.29. The van der Waals surface area contributed by atoms with Gasteiger partial charge >= 0.3 is 0 Å². The predicted molar refractivity (Wildman–Crippen MR) is 26.2 cm³/mol. The summed E-state index contributed by atoms with van der Waals surface area (Å²) >= 11 is 5.36. The average Bonchev–Trinajstić information content (AvgIpc) is 1.87. The van der Waals surface area contributed by atoms with Crippen molar-refractivity contribution in [3.63, 3.8) is 0 Å². The predicted octanol–water partition coefficient (Wildman–Crippen LogP) is 1.64. The van der Waals surface area contributed by atoms with Gasteiger partial charge in [0.2, 0.25) is 0 Å². The van der Waals surface area contributed by atoms with E-state index in [0.717, 1.165) is 0 Å². The molecule has 0 amide bonds. The summed E-state index contributed by atoms with van der Waals surface area (Å²) in [4.78, 5) is 3.71. The molecule has 0 aliphatic carbocycles. The number of aromatic nitrogens is 1. The van der Waals surface area contributed by atoms with Crippen LogP contribution in [0, 0.1) is 6.92 Å². The van der Waals surface area contributed by atoms with Crippen molar-refractivity contribution in [2.45, 2.75) is 6.92 Å². The Morgan fingerprint density at radius 2 is 2.57 bits per heavy atom. The zero-order valence-corrected chi connectivity index (χ0v) is 4.57. The minimum atomic E-state index is 0.414. The third-order valence-corrected chi connectivity index (χ3v) is 0.765. The highest BCUT2D eigenvalue weighted by Gasteiger charge is 1.90. The van der Waals surface area contributed by atoms with Crippen molar-refractivity contribution in [2.75, 3.05) is 0 Å². The van der Waals surface area contributed by atoms with Gasteiger partial charge in [-0.1, -0.05) is 11.6 Å². The Labute approximate surface area is 46.1 Å². The molecule has 0 aromatic carbocycles. The van der Waals surface area contributed by atoms with Gasteiger partial charge in [-0.2, -0.15) is 0 Å². The molecule has 1 rings (SSSR count). The molecule has 0 bridgehead atoms. The van der Waals surface area contributed by atoms with Crippen LogP contribution in [0.3, 0.4) is 0 Å². The monoisotopic (exact) mass is 117 g/mol. The molecule has 0 unspecified atom stereocenters. The number of hydrogen-bond donors (Lipinski definition) is 0. The lowest BCUT2D eigenvalue weighted by atomic mass is 10.8. The molecule has 0 atom stereocenters. The summed E-state index contributed by atoms with van der Waals surface area (Å²) in [6.45, 7) is 1.74. The van der Waals surface area contributed by atoms with Crippen LogP contribution in [0.1, 0.15) is 5.89 Å². The van der Waals surface area contributed by atoms with Crippen LogP contribution < -0.4 is 0 Å². The van der Waals surface area contributed by atoms with Crippen molar-refractivity contribution in [3.05, 3.63) is 17.3 Å². The molecule has 3 heteroatoms. The van der Waals surface area contributed by atoms with Crippen LogP contribution in [-0.4, -0.2) is 4.98 Å². The summed E-state index contributed by atoms with van der Waals surface area (Å²) < 4.78 is 4.72. The maximum absolute atomic E-state index is 5.36. The van der Waals surface area contributed by atoms with Crippen molar-refractivity contribution in [3.8, 4) is 0 Å². The van der Waals surface area contributed by atoms with Gasteiger partial charge in [-0.15, -0.1) is 0 Å². The molecule has 0 fully saturated rings. The third-order valence-electron chi connectivity index (χ3n) is 0.591. The van der Waals surface area contributed by atoms with E-state index >= 15 is 0 Å². The van der Waals surface area contributed by atoms with Gasteiger partial charge in [-0.05, 0) is 0 Å². The SMILES string of the molecule is Cc1nc(Cl)co1. The van der Waals surface area contributed by atoms with E-state index in [2.05, 4.69) is 4.98 Å². The van der Waals surface area contributed by atoms with Gasteiger partial charge in [-0.3, -0.25) is 0 Å². The second-order valence-electron chi connectivity index (χ2n) is 1.19. The lowest BCUT2D eigenvalue weighted by Crippen LogP contribution is -1.62. The second kappa shape index (κ2) is 1.54. The minimum absolute atomic E-state index is 0.414. The average molecular weight is 118 g/mol. The van der Waals surface area contributed by atoms with Gasteiger partial charge in [0.25, 0.3) is 0 Å². The number of rotatable bonds is 0. The van der Waals surface area contributed by atoms with Gasteiger partial charge in [-0.25, -0.2) is 4.98 Å². The first kappa shape index (κ1) is 4.65. The van der Waals surface area contributed by atoms with Crippen molar-refractivity contribution in [2.24, 2.45) is 0 Å². The maximum Gasteiger partial charge on any atom is 0.192 e. The van der Waals surface area contributed by atoms with Gasteiger partial charge in [0.05, 0.1) is 0 Å². The fourth-order valence-corrected chi connectivity index (χ4v) is 0.501. The standard InChI is InChI=1S/C4H4ClNO/c1-3-6-4(5)2-7-3/h2H,1H3. The molecule has 0 N–H and O–H groups in total. The fourth-order valence-electron chi connectivity index (χ4n) is 0.337. The Balaban J connectivity index is 3.04. The van der Waals surface area contributed by atoms with E-state index in [0.29, 0.717) is 11.0 Å². The highest BCUT2D eigenvalue weighted by atomic mass is 35.5. The van der Waals surface area contributed by atoms with Crippen molar-refractivity contribution >= 4 is 11.6 Å². The molecule has 7 heavy (non-hydrogen) atoms. The van der Waals surface area contributed by atoms with Crippen LogP contribution >= 0.6 is 11.6 Å². The molecular weight excluding hydrogens is 114 g/mol. The number of oxazole rings is 1. The van der Waals surface area contributed by atoms with E-state index < -0.39 is 0 Å². The highest BCUT2D eigenvalue weighted by Crippen LogP contribution is 2.04. The van der Waals surface area contributed by atoms with Crippen molar-refractivity contribution < 1.29 is 4.42 Å². The third kappa shape index (κ3) is 0.933. The lowest BCUT2D eigenvalue weighted by Gasteiger charge is -1.67. The minimum Gasteiger partial charge on any atom is -0.448 e. The van der Waals surface area contributed by atoms with E-state index in [4.69, 9.17) is 16.0 Å². The Kier molecular flexibility index (Phi) is 1.02. The number of hydrogen-bond acceptors (Lipinski definition) is 2. The van der Waals surface area contributed by atoms with Gasteiger partial charge in [0, 0.05) is 6.92 Å². The molecule has 1 aromatic heterocycles. The number of aryl methyl sites for hydroxylation is 1. The normalized spacial score (nSPS) is 9.43. The molecule has 0 aliphatic rings. The summed E-state index contributed by atoms with van der Waals surface area (Å²) in [5, 5.41) is 0.414. The number of halogens is 1. The van der Waals surface area contributed by atoms with Crippen LogP contribution in [0.5, 0.6) is 0 Å². The quantitative estimate of drug-likeness (QED) is 0.516. The summed E-state index contributed by atoms with van der Waals surface area (Å²) in [6, 6.07) is 0. The molecule has 2 nitrogen and oxygen atoms in total. The van der Waals surface area contributed by atoms with Crippen LogP contribution in [0.25, 0.3) is 0 Å². The number of nitrogens with zero attached hydrogens (tertiary/aromatic N) is 1. The first-order valence-corrected chi connectivity index (χ1v) is 2.24. The molecule has 0 saturated carbocycles. The maximum atomic E-state index is 5.36. The zero-order valence-electron chi connectivity index (χ0n) is 3.81. The smallest absolute Gasteiger partial charge is 0.192 e. The fraction of sp³-hybridized carbons (Fsp3) is 0.250. The van der Waals surface area contributed by atoms with Crippen LogP contribution in [-0.2, 0) is 0 Å². The van der Waals surface area contributed by atoms with Gasteiger partial charge in [0.15, 0.2) is 11.0 Å². The Hall–Kier alpha value is -0.500. The molecule has 0 radical (unpaired) electrons. The van der Waals surface area contributed by atoms with E-state index in [-0.39, 0.29) is 0 Å². The van der Waals surface area contributed by atoms with E-state index in [9.17, 15) is 0 Å². The summed E-state index contributed by atoms with van der Waals surface area (Å²) in [5.74, 6) is 0.602. The topological polar surface area (TPSA) is 26.0 Å². The van der Waals surface area contributed by atoms with Gasteiger partial charge in [0.1, 0.15) is 6.26 Å². The zero-order chi connectivity index (χ0) is 5.28. The van der Waals surface area contributed by atoms with E-state index in [1.807, 2.05) is 0 Å². The molecule has 1 aromatic rings. The van der Waals surface area contributed by atoms with Crippen LogP contribution in [0.15, 0.2) is 10.7 Å². The second-order valence-corrected chi connectivity index (χ2v) is 1.58. The van der Waals surface area contributed by atoms with Crippen LogP contribution in [0.4, 0.5) is 0 Å². The van der Waals surface area contributed by atoms with Crippen molar-refractivity contribution in [1.82, 2.24) is 4.98 Å². The molecule has 1 heterocycles. The summed E-state index contributed by atoms with van der Waals surface area (Å²) in [6.07, 6.45) is 1.40. The van der Waals surface area contributed by atoms with Gasteiger partial charge < -0.3 is 4.42 Å². The van der Waals surface area contributed by atoms with Crippen molar-refractivity contribution in [1.29, 1.82) is 0 Å². The van der Waals surface area contributed by atoms with E-state index in [1.54, 1.807) is 6.92 Å². The Bertz CT molecular complexity index is 144. The lowest BCUT2D eigenvalue weighted by molar-refractivity contribution is 0.521. The first-order valence-electron chi connectivity index (χ1n) is 1.86. The molecule has 0 saturated heterocycles. The Morgan fingerprint density at radius 1 is 1.86 bits per heavy atom. The molecule has 0 aliphatic heterocycles. The molecule has 38 valence electrons. The van der Waals surface area contributed by atoms with Crippen LogP contribution in [0.2, 0.25) is 5.15 Å². The molecular formula is C4H4ClNO. The van der Waals surface area contributed by atoms with E-state index in [1.165, 1.54) is 6.26 Å². The molecule has 0 spiro atoms. The summed E-state index contributed by atoms with van der Waals surface area (Å²) in [7, 11) is 0.